The number of carbonyl (C=O) groups is 1. The highest BCUT2D eigenvalue weighted by Gasteiger charge is 2.26. The molecule has 18 heavy (non-hydrogen) atoms. The van der Waals surface area contributed by atoms with E-state index in [9.17, 15) is 9.90 Å². The Labute approximate surface area is 107 Å². The van der Waals surface area contributed by atoms with E-state index in [1.165, 1.54) is 0 Å². The molecule has 1 fully saturated rings. The molecule has 1 aromatic heterocycles. The van der Waals surface area contributed by atoms with Crippen molar-refractivity contribution in [2.75, 3.05) is 0 Å². The van der Waals surface area contributed by atoms with Gasteiger partial charge < -0.3 is 14.9 Å². The number of carbonyl (C=O) groups excluding carboxylic acids is 1. The molecule has 1 heterocycles. The molecule has 5 heteroatoms. The summed E-state index contributed by atoms with van der Waals surface area (Å²) in [5, 5.41) is 16.7. The highest BCUT2D eigenvalue weighted by atomic mass is 16.5. The van der Waals surface area contributed by atoms with Crippen molar-refractivity contribution >= 4 is 5.91 Å². The molecule has 0 aromatic carbocycles. The van der Waals surface area contributed by atoms with Crippen LogP contribution in [0.15, 0.2) is 4.52 Å². The van der Waals surface area contributed by atoms with Crippen molar-refractivity contribution in [2.24, 2.45) is 0 Å². The molecule has 1 amide bonds. The first-order valence-corrected chi connectivity index (χ1v) is 6.51. The highest BCUT2D eigenvalue weighted by molar-refractivity contribution is 5.96. The number of rotatable bonds is 2. The first-order valence-electron chi connectivity index (χ1n) is 6.51. The normalized spacial score (nSPS) is 24.6. The Morgan fingerprint density at radius 2 is 2.06 bits per heavy atom. The predicted octanol–water partition coefficient (Wildman–Crippen LogP) is 1.71. The number of aromatic nitrogens is 1. The molecule has 2 unspecified atom stereocenters. The Kier molecular flexibility index (Phi) is 4.01. The van der Waals surface area contributed by atoms with Gasteiger partial charge in [-0.2, -0.15) is 0 Å². The minimum atomic E-state index is -0.447. The van der Waals surface area contributed by atoms with Crippen molar-refractivity contribution < 1.29 is 14.4 Å². The molecular formula is C13H20N2O3. The van der Waals surface area contributed by atoms with Gasteiger partial charge in [0.1, 0.15) is 11.3 Å². The molecule has 1 aliphatic rings. The van der Waals surface area contributed by atoms with Gasteiger partial charge in [-0.15, -0.1) is 0 Å². The molecule has 2 N–H and O–H groups in total. The zero-order valence-corrected chi connectivity index (χ0v) is 10.9. The van der Waals surface area contributed by atoms with Crippen LogP contribution in [0.5, 0.6) is 0 Å². The number of nitrogens with zero attached hydrogens (tertiary/aromatic N) is 1. The second-order valence-corrected chi connectivity index (χ2v) is 4.98. The Morgan fingerprint density at radius 3 is 2.72 bits per heavy atom. The zero-order valence-electron chi connectivity index (χ0n) is 10.9. The van der Waals surface area contributed by atoms with Gasteiger partial charge in [-0.25, -0.2) is 0 Å². The second kappa shape index (κ2) is 5.52. The zero-order chi connectivity index (χ0) is 13.1. The molecule has 5 nitrogen and oxygen atoms in total. The lowest BCUT2D eigenvalue weighted by molar-refractivity contribution is 0.0817. The molecule has 0 aliphatic heterocycles. The SMILES string of the molecule is Cc1noc(C)c1C(=O)NC1CCCCCC1O. The number of aliphatic hydroxyl groups is 1. The Balaban J connectivity index is 2.06. The first kappa shape index (κ1) is 13.1. The molecule has 100 valence electrons. The van der Waals surface area contributed by atoms with E-state index in [1.807, 2.05) is 0 Å². The van der Waals surface area contributed by atoms with Gasteiger partial charge in [0, 0.05) is 0 Å². The number of aliphatic hydroxyl groups excluding tert-OH is 1. The molecule has 0 radical (unpaired) electrons. The van der Waals surface area contributed by atoms with Crippen molar-refractivity contribution in [3.05, 3.63) is 17.0 Å². The summed E-state index contributed by atoms with van der Waals surface area (Å²) in [6, 6.07) is -0.159. The summed E-state index contributed by atoms with van der Waals surface area (Å²) in [7, 11) is 0. The van der Waals surface area contributed by atoms with Gasteiger partial charge in [0.25, 0.3) is 5.91 Å². The van der Waals surface area contributed by atoms with Crippen LogP contribution in [0.2, 0.25) is 0 Å². The van der Waals surface area contributed by atoms with Gasteiger partial charge in [0.05, 0.1) is 17.8 Å². The quantitative estimate of drug-likeness (QED) is 0.786. The maximum atomic E-state index is 12.2. The van der Waals surface area contributed by atoms with E-state index in [0.717, 1.165) is 32.1 Å². The fourth-order valence-corrected chi connectivity index (χ4v) is 2.50. The van der Waals surface area contributed by atoms with Crippen LogP contribution in [0, 0.1) is 13.8 Å². The third kappa shape index (κ3) is 2.72. The van der Waals surface area contributed by atoms with Crippen LogP contribution < -0.4 is 5.32 Å². The highest BCUT2D eigenvalue weighted by Crippen LogP contribution is 2.19. The maximum Gasteiger partial charge on any atom is 0.257 e. The van der Waals surface area contributed by atoms with E-state index in [1.54, 1.807) is 13.8 Å². The summed E-state index contributed by atoms with van der Waals surface area (Å²) in [5.74, 6) is 0.324. The molecule has 0 bridgehead atoms. The first-order chi connectivity index (χ1) is 8.59. The predicted molar refractivity (Wildman–Crippen MR) is 66.3 cm³/mol. The summed E-state index contributed by atoms with van der Waals surface area (Å²) in [6.45, 7) is 3.47. The van der Waals surface area contributed by atoms with E-state index < -0.39 is 6.10 Å². The van der Waals surface area contributed by atoms with Crippen molar-refractivity contribution in [1.82, 2.24) is 10.5 Å². The molecular weight excluding hydrogens is 232 g/mol. The van der Waals surface area contributed by atoms with Crippen molar-refractivity contribution in [1.29, 1.82) is 0 Å². The van der Waals surface area contributed by atoms with Crippen molar-refractivity contribution in [2.45, 2.75) is 58.1 Å². The third-order valence-electron chi connectivity index (χ3n) is 3.56. The Hall–Kier alpha value is -1.36. The average Bonchev–Trinajstić information content (AvgIpc) is 2.53. The van der Waals surface area contributed by atoms with E-state index in [2.05, 4.69) is 10.5 Å². The number of aryl methyl sites for hydroxylation is 2. The van der Waals surface area contributed by atoms with Crippen LogP contribution in [-0.4, -0.2) is 28.3 Å². The van der Waals surface area contributed by atoms with E-state index in [-0.39, 0.29) is 11.9 Å². The van der Waals surface area contributed by atoms with Crippen molar-refractivity contribution in [3.8, 4) is 0 Å². The van der Waals surface area contributed by atoms with Crippen LogP contribution in [0.1, 0.15) is 53.9 Å². The van der Waals surface area contributed by atoms with Crippen molar-refractivity contribution in [3.63, 3.8) is 0 Å². The lowest BCUT2D eigenvalue weighted by Gasteiger charge is -2.21. The molecule has 1 saturated carbocycles. The molecule has 1 aromatic rings. The number of hydrogen-bond acceptors (Lipinski definition) is 4. The second-order valence-electron chi connectivity index (χ2n) is 4.98. The van der Waals surface area contributed by atoms with E-state index in [4.69, 9.17) is 4.52 Å². The van der Waals surface area contributed by atoms with Gasteiger partial charge in [-0.3, -0.25) is 4.79 Å². The van der Waals surface area contributed by atoms with Crippen LogP contribution in [0.25, 0.3) is 0 Å². The smallest absolute Gasteiger partial charge is 0.257 e. The van der Waals surface area contributed by atoms with E-state index in [0.29, 0.717) is 17.0 Å². The van der Waals surface area contributed by atoms with Gasteiger partial charge in [-0.05, 0) is 26.7 Å². The van der Waals surface area contributed by atoms with Gasteiger partial charge in [0.15, 0.2) is 0 Å². The van der Waals surface area contributed by atoms with Gasteiger partial charge in [0.2, 0.25) is 0 Å². The number of nitrogens with one attached hydrogen (secondary N) is 1. The van der Waals surface area contributed by atoms with Crippen LogP contribution >= 0.6 is 0 Å². The lowest BCUT2D eigenvalue weighted by Crippen LogP contribution is -2.42. The average molecular weight is 252 g/mol. The summed E-state index contributed by atoms with van der Waals surface area (Å²) >= 11 is 0. The third-order valence-corrected chi connectivity index (χ3v) is 3.56. The van der Waals surface area contributed by atoms with Crippen LogP contribution in [0.3, 0.4) is 0 Å². The fraction of sp³-hybridized carbons (Fsp3) is 0.692. The summed E-state index contributed by atoms with van der Waals surface area (Å²) < 4.78 is 4.98. The standard InChI is InChI=1S/C13H20N2O3/c1-8-12(9(2)18-15-8)13(17)14-10-6-4-3-5-7-11(10)16/h10-11,16H,3-7H2,1-2H3,(H,14,17). The summed E-state index contributed by atoms with van der Waals surface area (Å²) in [6.07, 6.45) is 4.33. The number of amides is 1. The largest absolute Gasteiger partial charge is 0.391 e. The van der Waals surface area contributed by atoms with Gasteiger partial charge in [-0.1, -0.05) is 24.4 Å². The molecule has 1 aliphatic carbocycles. The summed E-state index contributed by atoms with van der Waals surface area (Å²) in [4.78, 5) is 12.2. The maximum absolute atomic E-state index is 12.2. The van der Waals surface area contributed by atoms with E-state index >= 15 is 0 Å². The monoisotopic (exact) mass is 252 g/mol. The Bertz CT molecular complexity index is 408. The Morgan fingerprint density at radius 1 is 1.33 bits per heavy atom. The molecule has 0 saturated heterocycles. The molecule has 0 spiro atoms. The van der Waals surface area contributed by atoms with Gasteiger partial charge >= 0.3 is 0 Å². The molecule has 2 atom stereocenters. The topological polar surface area (TPSA) is 75.4 Å². The minimum Gasteiger partial charge on any atom is -0.391 e. The van der Waals surface area contributed by atoms with Crippen LogP contribution in [0.4, 0.5) is 0 Å². The lowest BCUT2D eigenvalue weighted by atomic mass is 10.1. The molecule has 2 rings (SSSR count). The minimum absolute atomic E-state index is 0.159. The fourth-order valence-electron chi connectivity index (χ4n) is 2.50. The number of hydrogen-bond donors (Lipinski definition) is 2. The summed E-state index contributed by atoms with van der Waals surface area (Å²) in [5.41, 5.74) is 1.08. The van der Waals surface area contributed by atoms with Crippen LogP contribution in [-0.2, 0) is 0 Å².